The van der Waals surface area contributed by atoms with Gasteiger partial charge < -0.3 is 24.8 Å². The van der Waals surface area contributed by atoms with E-state index in [9.17, 15) is 19.0 Å². The predicted molar refractivity (Wildman–Crippen MR) is 201 cm³/mol. The minimum absolute atomic E-state index is 0.0438. The highest BCUT2D eigenvalue weighted by Crippen LogP contribution is 2.43. The Labute approximate surface area is 303 Å². The normalized spacial score (nSPS) is 17.8. The molecule has 3 N–H and O–H groups in total. The first-order valence-corrected chi connectivity index (χ1v) is 21.1. The smallest absolute Gasteiger partial charge is 0.462 e. The van der Waals surface area contributed by atoms with E-state index in [1.807, 2.05) is 0 Å². The first kappa shape index (κ1) is 46.2. The van der Waals surface area contributed by atoms with Crippen LogP contribution in [-0.4, -0.2) is 61.5 Å². The zero-order valence-electron chi connectivity index (χ0n) is 31.3. The molecule has 11 heteroatoms. The van der Waals surface area contributed by atoms with Crippen molar-refractivity contribution in [1.29, 1.82) is 0 Å². The van der Waals surface area contributed by atoms with Gasteiger partial charge >= 0.3 is 19.8 Å². The highest BCUT2D eigenvalue weighted by atomic mass is 31.2. The molecule has 0 bridgehead atoms. The number of allylic oxidation sites excluding steroid dienone is 4. The Morgan fingerprint density at radius 3 is 1.90 bits per heavy atom. The van der Waals surface area contributed by atoms with Crippen LogP contribution in [0.1, 0.15) is 155 Å². The van der Waals surface area contributed by atoms with E-state index in [4.69, 9.17) is 29.0 Å². The Morgan fingerprint density at radius 2 is 1.24 bits per heavy atom. The Morgan fingerprint density at radius 1 is 0.700 bits per heavy atom. The Kier molecular flexibility index (Phi) is 29.5. The topological polar surface area (TPSA) is 147 Å². The highest BCUT2D eigenvalue weighted by molar-refractivity contribution is 7.47. The van der Waals surface area contributed by atoms with Gasteiger partial charge in [-0.2, -0.15) is 0 Å². The second kappa shape index (κ2) is 31.9. The Hall–Kier alpha value is -1.81. The summed E-state index contributed by atoms with van der Waals surface area (Å²) < 4.78 is 38.4. The molecule has 290 valence electrons. The summed E-state index contributed by atoms with van der Waals surface area (Å²) in [6, 6.07) is 0. The second-order valence-corrected chi connectivity index (χ2v) is 14.6. The average molecular weight is 728 g/mol. The minimum atomic E-state index is -4.39. The zero-order chi connectivity index (χ0) is 36.5. The molecule has 1 fully saturated rings. The highest BCUT2D eigenvalue weighted by Gasteiger charge is 2.36. The molecule has 0 aromatic rings. The van der Waals surface area contributed by atoms with Crippen molar-refractivity contribution in [3.05, 3.63) is 36.5 Å². The molecule has 0 aromatic carbocycles. The number of phosphoric ester groups is 1. The van der Waals surface area contributed by atoms with Crippen LogP contribution in [0.15, 0.2) is 36.5 Å². The van der Waals surface area contributed by atoms with Gasteiger partial charge in [0.15, 0.2) is 6.10 Å². The molecule has 1 aliphatic heterocycles. The number of carbonyl (C=O) groups excluding carboxylic acids is 2. The number of hydrogen-bond donors (Lipinski definition) is 2. The van der Waals surface area contributed by atoms with E-state index in [1.54, 1.807) is 0 Å². The molecule has 1 heterocycles. The standard InChI is InChI=1S/C39H70NO9P/c1-3-5-7-9-11-13-14-16-18-20-26-30-39(42)48-35(34-47-50(43,44)46-32-31-40)33-45-38(41)29-25-22-21-24-28-37-36(49-37)27-23-19-17-15-12-10-8-6-4-2/h12,15,19,21,23-24,35-37H,3-11,13-14,16-18,20,22,25-34,40H2,1-2H3,(H,43,44)/b15-12-,23-19-,24-21-/t35-,36?,37?/m1/s1. The molecule has 0 aromatic heterocycles. The SMILES string of the molecule is CCCCC/C=C\C/C=C\CC1OC1C/C=C\CCCC(=O)OC[C@H](COP(=O)(O)OCCN)OC(=O)CCCCCCCCCCCCC. The number of phosphoric acid groups is 1. The lowest BCUT2D eigenvalue weighted by molar-refractivity contribution is -0.161. The lowest BCUT2D eigenvalue weighted by Crippen LogP contribution is -2.29. The summed E-state index contributed by atoms with van der Waals surface area (Å²) in [6.07, 6.45) is 34.9. The van der Waals surface area contributed by atoms with Gasteiger partial charge in [-0.1, -0.05) is 127 Å². The maximum Gasteiger partial charge on any atom is 0.472 e. The molecule has 0 spiro atoms. The maximum atomic E-state index is 12.5. The summed E-state index contributed by atoms with van der Waals surface area (Å²) in [5.74, 6) is -0.904. The number of rotatable bonds is 35. The monoisotopic (exact) mass is 727 g/mol. The lowest BCUT2D eigenvalue weighted by Gasteiger charge is -2.19. The van der Waals surface area contributed by atoms with Gasteiger partial charge in [0.25, 0.3) is 0 Å². The van der Waals surface area contributed by atoms with Crippen molar-refractivity contribution in [2.75, 3.05) is 26.4 Å². The number of epoxide rings is 1. The largest absolute Gasteiger partial charge is 0.472 e. The van der Waals surface area contributed by atoms with Crippen molar-refractivity contribution in [1.82, 2.24) is 0 Å². The third-order valence-electron chi connectivity index (χ3n) is 8.43. The summed E-state index contributed by atoms with van der Waals surface area (Å²) in [5.41, 5.74) is 5.33. The van der Waals surface area contributed by atoms with Gasteiger partial charge in [0.2, 0.25) is 0 Å². The van der Waals surface area contributed by atoms with Crippen LogP contribution in [-0.2, 0) is 37.4 Å². The summed E-state index contributed by atoms with van der Waals surface area (Å²) in [4.78, 5) is 34.7. The van der Waals surface area contributed by atoms with Gasteiger partial charge in [0.1, 0.15) is 6.61 Å². The van der Waals surface area contributed by atoms with Crippen LogP contribution < -0.4 is 5.73 Å². The molecule has 4 atom stereocenters. The van der Waals surface area contributed by atoms with Crippen molar-refractivity contribution >= 4 is 19.8 Å². The molecule has 10 nitrogen and oxygen atoms in total. The summed E-state index contributed by atoms with van der Waals surface area (Å²) in [7, 11) is -4.39. The van der Waals surface area contributed by atoms with E-state index in [0.717, 1.165) is 44.9 Å². The molecule has 1 aliphatic rings. The van der Waals surface area contributed by atoms with Crippen LogP contribution in [0.5, 0.6) is 0 Å². The summed E-state index contributed by atoms with van der Waals surface area (Å²) in [6.45, 7) is 3.60. The van der Waals surface area contributed by atoms with Crippen molar-refractivity contribution in [3.63, 3.8) is 0 Å². The van der Waals surface area contributed by atoms with Crippen LogP contribution in [0.2, 0.25) is 0 Å². The lowest BCUT2D eigenvalue weighted by atomic mass is 10.1. The van der Waals surface area contributed by atoms with Gasteiger partial charge in [-0.3, -0.25) is 18.6 Å². The number of carbonyl (C=O) groups is 2. The van der Waals surface area contributed by atoms with E-state index in [1.165, 1.54) is 70.6 Å². The first-order chi connectivity index (χ1) is 24.3. The maximum absolute atomic E-state index is 12.5. The third kappa shape index (κ3) is 28.8. The van der Waals surface area contributed by atoms with E-state index >= 15 is 0 Å². The summed E-state index contributed by atoms with van der Waals surface area (Å²) in [5, 5.41) is 0. The number of unbranched alkanes of at least 4 members (excludes halogenated alkanes) is 14. The van der Waals surface area contributed by atoms with Crippen molar-refractivity contribution in [2.45, 2.75) is 173 Å². The van der Waals surface area contributed by atoms with Gasteiger partial charge in [-0.25, -0.2) is 4.57 Å². The number of esters is 2. The first-order valence-electron chi connectivity index (χ1n) is 19.6. The van der Waals surface area contributed by atoms with Crippen molar-refractivity contribution in [2.24, 2.45) is 5.73 Å². The quantitative estimate of drug-likeness (QED) is 0.0213. The molecule has 0 saturated carbocycles. The van der Waals surface area contributed by atoms with E-state index < -0.39 is 32.5 Å². The molecule has 1 saturated heterocycles. The van der Waals surface area contributed by atoms with E-state index in [0.29, 0.717) is 12.8 Å². The Bertz CT molecular complexity index is 987. The van der Waals surface area contributed by atoms with Crippen LogP contribution in [0.4, 0.5) is 0 Å². The van der Waals surface area contributed by atoms with Crippen molar-refractivity contribution < 1.29 is 42.3 Å². The molecular weight excluding hydrogens is 657 g/mol. The van der Waals surface area contributed by atoms with E-state index in [2.05, 4.69) is 50.3 Å². The molecule has 0 radical (unpaired) electrons. The number of ether oxygens (including phenoxy) is 3. The van der Waals surface area contributed by atoms with Crippen LogP contribution in [0.3, 0.4) is 0 Å². The fourth-order valence-corrected chi connectivity index (χ4v) is 6.14. The molecule has 50 heavy (non-hydrogen) atoms. The van der Waals surface area contributed by atoms with Crippen LogP contribution in [0.25, 0.3) is 0 Å². The number of nitrogens with two attached hydrogens (primary N) is 1. The average Bonchev–Trinajstić information content (AvgIpc) is 3.86. The van der Waals surface area contributed by atoms with Gasteiger partial charge in [-0.15, -0.1) is 0 Å². The van der Waals surface area contributed by atoms with Crippen molar-refractivity contribution in [3.8, 4) is 0 Å². The molecular formula is C39H70NO9P. The molecule has 1 rings (SSSR count). The van der Waals surface area contributed by atoms with Crippen LogP contribution >= 0.6 is 7.82 Å². The molecule has 3 unspecified atom stereocenters. The third-order valence-corrected chi connectivity index (χ3v) is 9.42. The predicted octanol–water partition coefficient (Wildman–Crippen LogP) is 9.59. The van der Waals surface area contributed by atoms with Gasteiger partial charge in [0, 0.05) is 19.4 Å². The Balaban J connectivity index is 2.26. The second-order valence-electron chi connectivity index (χ2n) is 13.2. The summed E-state index contributed by atoms with van der Waals surface area (Å²) >= 11 is 0. The van der Waals surface area contributed by atoms with Gasteiger partial charge in [0.05, 0.1) is 25.4 Å². The van der Waals surface area contributed by atoms with E-state index in [-0.39, 0.29) is 44.8 Å². The fourth-order valence-electron chi connectivity index (χ4n) is 5.37. The van der Waals surface area contributed by atoms with Gasteiger partial charge in [-0.05, 0) is 51.4 Å². The van der Waals surface area contributed by atoms with Crippen LogP contribution in [0, 0.1) is 0 Å². The molecule has 0 amide bonds. The number of hydrogen-bond acceptors (Lipinski definition) is 9. The fraction of sp³-hybridized carbons (Fsp3) is 0.795. The molecule has 0 aliphatic carbocycles. The zero-order valence-corrected chi connectivity index (χ0v) is 32.2. The minimum Gasteiger partial charge on any atom is -0.462 e.